The second kappa shape index (κ2) is 8.45. The molecule has 0 saturated carbocycles. The van der Waals surface area contributed by atoms with Gasteiger partial charge in [0.2, 0.25) is 10.0 Å². The van der Waals surface area contributed by atoms with Crippen molar-refractivity contribution < 1.29 is 17.9 Å². The van der Waals surface area contributed by atoms with Gasteiger partial charge in [0.05, 0.1) is 25.2 Å². The molecule has 152 valence electrons. The summed E-state index contributed by atoms with van der Waals surface area (Å²) in [4.78, 5) is 5.04. The van der Waals surface area contributed by atoms with Gasteiger partial charge in [0, 0.05) is 25.2 Å². The minimum Gasteiger partial charge on any atom is -0.497 e. The van der Waals surface area contributed by atoms with Crippen molar-refractivity contribution in [1.29, 1.82) is 0 Å². The van der Waals surface area contributed by atoms with Crippen molar-refractivity contribution in [1.82, 2.24) is 14.5 Å². The Kier molecular flexibility index (Phi) is 6.43. The SMILES string of the molecule is COc1ccc(S(=O)(=O)NCC2(N3CCOCC3)CCN(C)CC2)c(C)c1. The Balaban J connectivity index is 1.78. The van der Waals surface area contributed by atoms with Crippen LogP contribution in [-0.2, 0) is 14.8 Å². The fourth-order valence-electron chi connectivity index (χ4n) is 4.03. The Morgan fingerprint density at radius 3 is 2.44 bits per heavy atom. The summed E-state index contributed by atoms with van der Waals surface area (Å²) in [6.45, 7) is 7.30. The normalized spacial score (nSPS) is 21.9. The summed E-state index contributed by atoms with van der Waals surface area (Å²) in [5.74, 6) is 0.659. The van der Waals surface area contributed by atoms with Crippen LogP contribution in [0.2, 0.25) is 0 Å². The number of sulfonamides is 1. The molecule has 1 aromatic rings. The third kappa shape index (κ3) is 4.63. The maximum atomic E-state index is 13.0. The van der Waals surface area contributed by atoms with Gasteiger partial charge < -0.3 is 14.4 Å². The van der Waals surface area contributed by atoms with E-state index in [2.05, 4.69) is 21.6 Å². The van der Waals surface area contributed by atoms with Crippen molar-refractivity contribution in [3.05, 3.63) is 23.8 Å². The smallest absolute Gasteiger partial charge is 0.240 e. The topological polar surface area (TPSA) is 71.1 Å². The predicted octanol–water partition coefficient (Wildman–Crippen LogP) is 1.08. The van der Waals surface area contributed by atoms with Crippen LogP contribution in [0.4, 0.5) is 0 Å². The zero-order chi connectivity index (χ0) is 19.5. The molecule has 0 bridgehead atoms. The molecule has 2 aliphatic rings. The average molecular weight is 398 g/mol. The van der Waals surface area contributed by atoms with E-state index in [0.29, 0.717) is 36.0 Å². The summed E-state index contributed by atoms with van der Waals surface area (Å²) in [5.41, 5.74) is 0.537. The molecule has 0 spiro atoms. The molecule has 8 heteroatoms. The number of nitrogens with zero attached hydrogens (tertiary/aromatic N) is 2. The number of rotatable bonds is 6. The van der Waals surface area contributed by atoms with E-state index < -0.39 is 10.0 Å². The summed E-state index contributed by atoms with van der Waals surface area (Å²) in [5, 5.41) is 0. The lowest BCUT2D eigenvalue weighted by atomic mass is 9.85. The number of hydrogen-bond acceptors (Lipinski definition) is 6. The maximum Gasteiger partial charge on any atom is 0.240 e. The molecule has 0 amide bonds. The van der Waals surface area contributed by atoms with E-state index >= 15 is 0 Å². The highest BCUT2D eigenvalue weighted by Gasteiger charge is 2.40. The van der Waals surface area contributed by atoms with E-state index in [1.54, 1.807) is 32.2 Å². The lowest BCUT2D eigenvalue weighted by molar-refractivity contribution is -0.0427. The summed E-state index contributed by atoms with van der Waals surface area (Å²) in [6, 6.07) is 5.06. The molecule has 3 rings (SSSR count). The first kappa shape index (κ1) is 20.5. The molecular weight excluding hydrogens is 366 g/mol. The fourth-order valence-corrected chi connectivity index (χ4v) is 5.38. The molecule has 1 aromatic carbocycles. The predicted molar refractivity (Wildman–Crippen MR) is 105 cm³/mol. The minimum atomic E-state index is -3.58. The molecular formula is C19H31N3O4S. The number of likely N-dealkylation sites (tertiary alicyclic amines) is 1. The number of nitrogens with one attached hydrogen (secondary N) is 1. The Bertz CT molecular complexity index is 739. The maximum absolute atomic E-state index is 13.0. The molecule has 0 aliphatic carbocycles. The van der Waals surface area contributed by atoms with E-state index in [1.807, 2.05) is 0 Å². The monoisotopic (exact) mass is 397 g/mol. The van der Waals surface area contributed by atoms with E-state index in [1.165, 1.54) is 0 Å². The summed E-state index contributed by atoms with van der Waals surface area (Å²) in [7, 11) is 0.113. The van der Waals surface area contributed by atoms with Crippen molar-refractivity contribution in [3.63, 3.8) is 0 Å². The van der Waals surface area contributed by atoms with E-state index in [0.717, 1.165) is 39.0 Å². The average Bonchev–Trinajstić information content (AvgIpc) is 2.68. The first-order chi connectivity index (χ1) is 12.9. The first-order valence-corrected chi connectivity index (χ1v) is 11.0. The Morgan fingerprint density at radius 1 is 1.19 bits per heavy atom. The van der Waals surface area contributed by atoms with Crippen molar-refractivity contribution in [3.8, 4) is 5.75 Å². The fraction of sp³-hybridized carbons (Fsp3) is 0.684. The van der Waals surface area contributed by atoms with E-state index in [9.17, 15) is 8.42 Å². The molecule has 0 unspecified atom stereocenters. The third-order valence-electron chi connectivity index (χ3n) is 5.86. The molecule has 2 fully saturated rings. The highest BCUT2D eigenvalue weighted by Crippen LogP contribution is 2.30. The van der Waals surface area contributed by atoms with Gasteiger partial charge in [0.1, 0.15) is 5.75 Å². The quantitative estimate of drug-likeness (QED) is 0.775. The molecule has 7 nitrogen and oxygen atoms in total. The summed E-state index contributed by atoms with van der Waals surface area (Å²) >= 11 is 0. The first-order valence-electron chi connectivity index (χ1n) is 9.52. The highest BCUT2D eigenvalue weighted by molar-refractivity contribution is 7.89. The highest BCUT2D eigenvalue weighted by atomic mass is 32.2. The Morgan fingerprint density at radius 2 is 1.85 bits per heavy atom. The van der Waals surface area contributed by atoms with Gasteiger partial charge >= 0.3 is 0 Å². The molecule has 0 radical (unpaired) electrons. The van der Waals surface area contributed by atoms with Gasteiger partial charge in [-0.05, 0) is 63.7 Å². The van der Waals surface area contributed by atoms with Crippen LogP contribution in [-0.4, -0.2) is 83.9 Å². The minimum absolute atomic E-state index is 0.149. The van der Waals surface area contributed by atoms with Crippen molar-refractivity contribution in [2.45, 2.75) is 30.2 Å². The number of morpholine rings is 1. The third-order valence-corrected chi connectivity index (χ3v) is 7.42. The second-order valence-electron chi connectivity index (χ2n) is 7.58. The zero-order valence-corrected chi connectivity index (χ0v) is 17.3. The molecule has 2 saturated heterocycles. The van der Waals surface area contributed by atoms with Gasteiger partial charge in [0.15, 0.2) is 0 Å². The molecule has 2 aliphatic heterocycles. The molecule has 2 heterocycles. The Hall–Kier alpha value is -1.19. The van der Waals surface area contributed by atoms with Gasteiger partial charge in [-0.3, -0.25) is 4.90 Å². The number of methoxy groups -OCH3 is 1. The zero-order valence-electron chi connectivity index (χ0n) is 16.5. The van der Waals surface area contributed by atoms with E-state index in [-0.39, 0.29) is 5.54 Å². The van der Waals surface area contributed by atoms with Crippen LogP contribution < -0.4 is 9.46 Å². The number of benzene rings is 1. The lowest BCUT2D eigenvalue weighted by Gasteiger charge is -2.49. The van der Waals surface area contributed by atoms with Crippen molar-refractivity contribution >= 4 is 10.0 Å². The summed E-state index contributed by atoms with van der Waals surface area (Å²) in [6.07, 6.45) is 1.90. The van der Waals surface area contributed by atoms with Gasteiger partial charge in [-0.25, -0.2) is 13.1 Å². The van der Waals surface area contributed by atoms with Gasteiger partial charge in [-0.2, -0.15) is 0 Å². The van der Waals surface area contributed by atoms with Crippen LogP contribution in [0, 0.1) is 6.92 Å². The van der Waals surface area contributed by atoms with Crippen LogP contribution in [0.1, 0.15) is 18.4 Å². The molecule has 27 heavy (non-hydrogen) atoms. The molecule has 1 N–H and O–H groups in total. The van der Waals surface area contributed by atoms with Gasteiger partial charge in [0.25, 0.3) is 0 Å². The van der Waals surface area contributed by atoms with Crippen LogP contribution in [0.3, 0.4) is 0 Å². The Labute approximate surface area is 162 Å². The number of ether oxygens (including phenoxy) is 2. The number of piperidine rings is 1. The molecule has 0 aromatic heterocycles. The standard InChI is InChI=1S/C19H31N3O4S/c1-16-14-17(25-3)4-5-18(16)27(23,24)20-15-19(6-8-21(2)9-7-19)22-10-12-26-13-11-22/h4-5,14,20H,6-13,15H2,1-3H3. The number of hydrogen-bond donors (Lipinski definition) is 1. The van der Waals surface area contributed by atoms with Crippen molar-refractivity contribution in [2.75, 3.05) is 60.1 Å². The largest absolute Gasteiger partial charge is 0.497 e. The molecule has 0 atom stereocenters. The van der Waals surface area contributed by atoms with E-state index in [4.69, 9.17) is 9.47 Å². The summed E-state index contributed by atoms with van der Waals surface area (Å²) < 4.78 is 39.6. The lowest BCUT2D eigenvalue weighted by Crippen LogP contribution is -2.62. The van der Waals surface area contributed by atoms with Crippen LogP contribution >= 0.6 is 0 Å². The van der Waals surface area contributed by atoms with Crippen molar-refractivity contribution in [2.24, 2.45) is 0 Å². The number of aryl methyl sites for hydroxylation is 1. The van der Waals surface area contributed by atoms with Gasteiger partial charge in [-0.1, -0.05) is 0 Å². The van der Waals surface area contributed by atoms with Crippen LogP contribution in [0.25, 0.3) is 0 Å². The van der Waals surface area contributed by atoms with Crippen LogP contribution in [0.15, 0.2) is 23.1 Å². The second-order valence-corrected chi connectivity index (χ2v) is 9.32. The van der Waals surface area contributed by atoms with Gasteiger partial charge in [-0.15, -0.1) is 0 Å². The van der Waals surface area contributed by atoms with Crippen LogP contribution in [0.5, 0.6) is 5.75 Å².